The van der Waals surface area contributed by atoms with Gasteiger partial charge in [0.15, 0.2) is 5.65 Å². The fraction of sp³-hybridized carbons (Fsp3) is 0.250. The molecule has 21 heavy (non-hydrogen) atoms. The second-order valence-corrected chi connectivity index (χ2v) is 6.43. The summed E-state index contributed by atoms with van der Waals surface area (Å²) in [4.78, 5) is 2.13. The van der Waals surface area contributed by atoms with Gasteiger partial charge >= 0.3 is 0 Å². The van der Waals surface area contributed by atoms with Crippen molar-refractivity contribution in [3.05, 3.63) is 53.7 Å². The van der Waals surface area contributed by atoms with E-state index in [4.69, 9.17) is 0 Å². The minimum Gasteiger partial charge on any atom is -0.285 e. The molecule has 2 heterocycles. The first-order chi connectivity index (χ1) is 10.0. The number of pyridine rings is 1. The quantitative estimate of drug-likeness (QED) is 0.716. The Kier molecular flexibility index (Phi) is 3.68. The summed E-state index contributed by atoms with van der Waals surface area (Å²) in [7, 11) is 0. The van der Waals surface area contributed by atoms with Crippen molar-refractivity contribution in [1.29, 1.82) is 0 Å². The van der Waals surface area contributed by atoms with Crippen molar-refractivity contribution in [2.45, 2.75) is 36.5 Å². The van der Waals surface area contributed by atoms with Crippen molar-refractivity contribution < 1.29 is 4.39 Å². The molecule has 0 N–H and O–H groups in total. The molecule has 3 rings (SSSR count). The van der Waals surface area contributed by atoms with Crippen LogP contribution in [0.5, 0.6) is 0 Å². The number of aryl methyl sites for hydroxylation is 1. The Labute approximate surface area is 127 Å². The van der Waals surface area contributed by atoms with Crippen LogP contribution >= 0.6 is 11.8 Å². The molecule has 3 nitrogen and oxygen atoms in total. The first kappa shape index (κ1) is 14.1. The Bertz CT molecular complexity index is 795. The first-order valence-electron chi connectivity index (χ1n) is 6.83. The lowest BCUT2D eigenvalue weighted by molar-refractivity contribution is 0.625. The van der Waals surface area contributed by atoms with Crippen molar-refractivity contribution in [3.8, 4) is 0 Å². The molecule has 0 unspecified atom stereocenters. The van der Waals surface area contributed by atoms with Crippen LogP contribution in [0.2, 0.25) is 0 Å². The smallest absolute Gasteiger partial charge is 0.160 e. The van der Waals surface area contributed by atoms with Gasteiger partial charge in [-0.15, -0.1) is 10.2 Å². The van der Waals surface area contributed by atoms with Gasteiger partial charge in [0.1, 0.15) is 11.6 Å². The van der Waals surface area contributed by atoms with Crippen LogP contribution in [0, 0.1) is 12.7 Å². The van der Waals surface area contributed by atoms with Crippen molar-refractivity contribution in [2.75, 3.05) is 0 Å². The lowest BCUT2D eigenvalue weighted by Crippen LogP contribution is -1.96. The number of fused-ring (bicyclic) bond motifs is 1. The Morgan fingerprint density at radius 2 is 1.95 bits per heavy atom. The van der Waals surface area contributed by atoms with E-state index >= 15 is 0 Å². The average molecular weight is 301 g/mol. The van der Waals surface area contributed by atoms with E-state index in [1.165, 1.54) is 6.07 Å². The maximum atomic E-state index is 13.2. The topological polar surface area (TPSA) is 30.2 Å². The van der Waals surface area contributed by atoms with Gasteiger partial charge in [-0.1, -0.05) is 25.6 Å². The summed E-state index contributed by atoms with van der Waals surface area (Å²) in [5.41, 5.74) is 1.78. The van der Waals surface area contributed by atoms with Crippen LogP contribution in [-0.4, -0.2) is 14.6 Å². The zero-order valence-corrected chi connectivity index (χ0v) is 13.0. The molecule has 2 aromatic heterocycles. The maximum Gasteiger partial charge on any atom is 0.160 e. The Hall–Kier alpha value is -1.88. The minimum atomic E-state index is -0.201. The van der Waals surface area contributed by atoms with Gasteiger partial charge in [0.05, 0.1) is 0 Å². The van der Waals surface area contributed by atoms with Gasteiger partial charge < -0.3 is 0 Å². The standard InChI is InChI=1S/C16H16FN3S/c1-10(2)16-19-18-15-7-5-13(9-20(15)16)21-14-6-4-12(17)8-11(14)3/h4-10H,1-3H3. The zero-order valence-electron chi connectivity index (χ0n) is 12.2. The van der Waals surface area contributed by atoms with E-state index < -0.39 is 0 Å². The number of halogens is 1. The molecule has 0 spiro atoms. The van der Waals surface area contributed by atoms with Crippen molar-refractivity contribution >= 4 is 17.4 Å². The number of rotatable bonds is 3. The van der Waals surface area contributed by atoms with Crippen LogP contribution in [0.25, 0.3) is 5.65 Å². The molecule has 0 amide bonds. The number of aromatic nitrogens is 3. The number of hydrogen-bond acceptors (Lipinski definition) is 3. The van der Waals surface area contributed by atoms with Crippen LogP contribution in [0.3, 0.4) is 0 Å². The molecule has 0 aliphatic heterocycles. The summed E-state index contributed by atoms with van der Waals surface area (Å²) >= 11 is 1.62. The molecule has 0 saturated carbocycles. The number of hydrogen-bond donors (Lipinski definition) is 0. The lowest BCUT2D eigenvalue weighted by Gasteiger charge is -2.07. The maximum absolute atomic E-state index is 13.2. The van der Waals surface area contributed by atoms with Crippen LogP contribution in [0.15, 0.2) is 46.3 Å². The molecule has 108 valence electrons. The van der Waals surface area contributed by atoms with Gasteiger partial charge in [0, 0.05) is 21.9 Å². The highest BCUT2D eigenvalue weighted by molar-refractivity contribution is 7.99. The molecule has 0 atom stereocenters. The third kappa shape index (κ3) is 2.78. The summed E-state index contributed by atoms with van der Waals surface area (Å²) in [5.74, 6) is 1.06. The first-order valence-corrected chi connectivity index (χ1v) is 7.65. The molecule has 1 aromatic carbocycles. The molecule has 0 aliphatic carbocycles. The van der Waals surface area contributed by atoms with E-state index in [9.17, 15) is 4.39 Å². The van der Waals surface area contributed by atoms with Gasteiger partial charge in [-0.2, -0.15) is 0 Å². The molecule has 0 saturated heterocycles. The third-order valence-electron chi connectivity index (χ3n) is 3.28. The largest absolute Gasteiger partial charge is 0.285 e. The van der Waals surface area contributed by atoms with Crippen LogP contribution in [0.4, 0.5) is 4.39 Å². The highest BCUT2D eigenvalue weighted by atomic mass is 32.2. The van der Waals surface area contributed by atoms with E-state index in [-0.39, 0.29) is 5.82 Å². The van der Waals surface area contributed by atoms with E-state index in [0.717, 1.165) is 26.8 Å². The molecule has 5 heteroatoms. The highest BCUT2D eigenvalue weighted by Crippen LogP contribution is 2.31. The van der Waals surface area contributed by atoms with E-state index in [2.05, 4.69) is 24.0 Å². The van der Waals surface area contributed by atoms with Crippen LogP contribution < -0.4 is 0 Å². The molecule has 3 aromatic rings. The van der Waals surface area contributed by atoms with Crippen LogP contribution in [-0.2, 0) is 0 Å². The molecule has 0 fully saturated rings. The van der Waals surface area contributed by atoms with Gasteiger partial charge in [-0.3, -0.25) is 4.40 Å². The Morgan fingerprint density at radius 3 is 2.67 bits per heavy atom. The van der Waals surface area contributed by atoms with Gasteiger partial charge in [0.2, 0.25) is 0 Å². The van der Waals surface area contributed by atoms with Crippen molar-refractivity contribution in [1.82, 2.24) is 14.6 Å². The molecule has 0 bridgehead atoms. The molecule has 0 radical (unpaired) electrons. The fourth-order valence-corrected chi connectivity index (χ4v) is 3.10. The molecular formula is C16H16FN3S. The Balaban J connectivity index is 1.99. The molecular weight excluding hydrogens is 285 g/mol. The van der Waals surface area contributed by atoms with Gasteiger partial charge in [-0.25, -0.2) is 4.39 Å². The van der Waals surface area contributed by atoms with Crippen molar-refractivity contribution in [3.63, 3.8) is 0 Å². The van der Waals surface area contributed by atoms with Crippen molar-refractivity contribution in [2.24, 2.45) is 0 Å². The average Bonchev–Trinajstić information content (AvgIpc) is 2.85. The summed E-state index contributed by atoms with van der Waals surface area (Å²) in [6.07, 6.45) is 2.04. The lowest BCUT2D eigenvalue weighted by atomic mass is 10.2. The predicted octanol–water partition coefficient (Wildman–Crippen LogP) is 4.45. The van der Waals surface area contributed by atoms with E-state index in [1.54, 1.807) is 17.8 Å². The SMILES string of the molecule is Cc1cc(F)ccc1Sc1ccc2nnc(C(C)C)n2c1. The summed E-state index contributed by atoms with van der Waals surface area (Å²) in [6.45, 7) is 6.11. The van der Waals surface area contributed by atoms with Gasteiger partial charge in [0.25, 0.3) is 0 Å². The monoisotopic (exact) mass is 301 g/mol. The third-order valence-corrected chi connectivity index (χ3v) is 4.44. The Morgan fingerprint density at radius 1 is 1.14 bits per heavy atom. The molecule has 0 aliphatic rings. The highest BCUT2D eigenvalue weighted by Gasteiger charge is 2.10. The summed E-state index contributed by atoms with van der Waals surface area (Å²) in [5, 5.41) is 8.40. The van der Waals surface area contributed by atoms with Gasteiger partial charge in [-0.05, 0) is 42.8 Å². The number of benzene rings is 1. The normalized spacial score (nSPS) is 11.5. The summed E-state index contributed by atoms with van der Waals surface area (Å²) < 4.78 is 15.2. The van der Waals surface area contributed by atoms with Crippen LogP contribution in [0.1, 0.15) is 31.2 Å². The fourth-order valence-electron chi connectivity index (χ4n) is 2.20. The zero-order chi connectivity index (χ0) is 15.0. The predicted molar refractivity (Wildman–Crippen MR) is 82.3 cm³/mol. The number of nitrogens with zero attached hydrogens (tertiary/aromatic N) is 3. The van der Waals surface area contributed by atoms with E-state index in [1.807, 2.05) is 35.7 Å². The second-order valence-electron chi connectivity index (χ2n) is 5.32. The van der Waals surface area contributed by atoms with E-state index in [0.29, 0.717) is 5.92 Å². The summed E-state index contributed by atoms with van der Waals surface area (Å²) in [6, 6.07) is 8.84. The minimum absolute atomic E-state index is 0.201. The second kappa shape index (κ2) is 5.48.